The van der Waals surface area contributed by atoms with Gasteiger partial charge in [-0.05, 0) is 0 Å². The van der Waals surface area contributed by atoms with Crippen molar-refractivity contribution in [3.8, 4) is 22.3 Å². The molecule has 4 aromatic carbocycles. The molecule has 2 aliphatic rings. The van der Waals surface area contributed by atoms with Gasteiger partial charge in [0.15, 0.2) is 0 Å². The van der Waals surface area contributed by atoms with E-state index in [2.05, 4.69) is 139 Å². The van der Waals surface area contributed by atoms with Crippen molar-refractivity contribution in [3.63, 3.8) is 0 Å². The minimum atomic E-state index is -0.946. The average Bonchev–Trinajstić information content (AvgIpc) is 3.64. The zero-order valence-electron chi connectivity index (χ0n) is 28.9. The maximum atomic E-state index is 2.57. The van der Waals surface area contributed by atoms with E-state index in [-0.39, 0.29) is 0 Å². The van der Waals surface area contributed by atoms with E-state index in [4.69, 9.17) is 0 Å². The Morgan fingerprint density at radius 3 is 1.30 bits per heavy atom. The SMILES string of the molecule is CCC1=Cc2c(-c3ccc(C(C)CC)cc3)cccc2C1C[SiH]([Zr])CC1C(CC)=Cc2c(-c3ccc(C(C)CC)cc3)cccc21. The van der Waals surface area contributed by atoms with E-state index in [0.29, 0.717) is 23.7 Å². The molecule has 6 rings (SSSR count). The van der Waals surface area contributed by atoms with E-state index in [1.165, 1.54) is 69.4 Å². The fourth-order valence-electron chi connectivity index (χ4n) is 7.94. The summed E-state index contributed by atoms with van der Waals surface area (Å²) in [6.07, 6.45) is 9.80. The summed E-state index contributed by atoms with van der Waals surface area (Å²) in [6.45, 7) is 14.0. The summed E-state index contributed by atoms with van der Waals surface area (Å²) in [5.74, 6) is 1.48. The van der Waals surface area contributed by atoms with Crippen molar-refractivity contribution in [1.82, 2.24) is 0 Å². The van der Waals surface area contributed by atoms with Crippen LogP contribution in [-0.4, -0.2) is 5.92 Å². The second-order valence-corrected chi connectivity index (χ2v) is 22.3. The van der Waals surface area contributed by atoms with Crippen molar-refractivity contribution in [3.05, 3.63) is 129 Å². The molecule has 0 bridgehead atoms. The Balaban J connectivity index is 1.23. The maximum absolute atomic E-state index is 2.57. The summed E-state index contributed by atoms with van der Waals surface area (Å²) < 4.78 is 0. The van der Waals surface area contributed by atoms with Crippen molar-refractivity contribution < 1.29 is 23.9 Å². The fourth-order valence-corrected chi connectivity index (χ4v) is 13.9. The molecule has 0 aliphatic heterocycles. The molecule has 0 fully saturated rings. The molecule has 2 aliphatic carbocycles. The van der Waals surface area contributed by atoms with Gasteiger partial charge in [0.2, 0.25) is 0 Å². The quantitative estimate of drug-likeness (QED) is 0.129. The minimum absolute atomic E-state index is 0.598. The average molecular weight is 699 g/mol. The van der Waals surface area contributed by atoms with E-state index in [1.807, 2.05) is 23.9 Å². The van der Waals surface area contributed by atoms with Gasteiger partial charge in [-0.3, -0.25) is 0 Å². The number of hydrogen-bond acceptors (Lipinski definition) is 0. The Kier molecular flexibility index (Phi) is 10.7. The summed E-state index contributed by atoms with van der Waals surface area (Å²) in [6, 6.07) is 35.8. The van der Waals surface area contributed by atoms with Crippen LogP contribution in [0.1, 0.15) is 124 Å². The van der Waals surface area contributed by atoms with Crippen molar-refractivity contribution in [2.24, 2.45) is 0 Å². The number of fused-ring (bicyclic) bond motifs is 2. The molecule has 0 nitrogen and oxygen atoms in total. The van der Waals surface area contributed by atoms with Crippen LogP contribution in [0.15, 0.2) is 96.1 Å². The first-order chi connectivity index (χ1) is 22.4. The summed E-state index contributed by atoms with van der Waals surface area (Å²) in [7, 11) is 0. The molecule has 2 heteroatoms. The first kappa shape index (κ1) is 33.4. The van der Waals surface area contributed by atoms with Gasteiger partial charge in [-0.25, -0.2) is 0 Å². The van der Waals surface area contributed by atoms with E-state index >= 15 is 0 Å². The summed E-state index contributed by atoms with van der Waals surface area (Å²) in [5.41, 5.74) is 17.9. The standard InChI is InChI=1S/C44H51Si.Zr/c1-7-29(5)33-17-21-35(22-18-33)37-13-11-15-39-41(37)25-31(9-3)43(39)27-45-28-44-32(10-4)26-42-38(14-12-16-40(42)44)36-23-19-34(20-24-36)30(6)8-2;/h11-26,29-30,43-45H,7-10,27-28H2,1-6H3;. The van der Waals surface area contributed by atoms with Gasteiger partial charge >= 0.3 is 283 Å². The van der Waals surface area contributed by atoms with Crippen LogP contribution in [0, 0.1) is 0 Å². The number of benzene rings is 4. The normalized spacial score (nSPS) is 18.8. The first-order valence-corrected chi connectivity index (χ1v) is 24.4. The van der Waals surface area contributed by atoms with Crippen LogP contribution < -0.4 is 0 Å². The predicted octanol–water partition coefficient (Wildman–Crippen LogP) is 12.8. The second-order valence-electron chi connectivity index (χ2n) is 13.9. The Labute approximate surface area is 294 Å². The van der Waals surface area contributed by atoms with Gasteiger partial charge in [-0.15, -0.1) is 0 Å². The van der Waals surface area contributed by atoms with E-state index < -0.39 is 5.92 Å². The molecule has 0 amide bonds. The third kappa shape index (κ3) is 6.59. The Hall–Kier alpha value is -2.54. The van der Waals surface area contributed by atoms with E-state index in [1.54, 1.807) is 22.3 Å². The molecule has 235 valence electrons. The Morgan fingerprint density at radius 1 is 0.565 bits per heavy atom. The molecule has 4 aromatic rings. The summed E-state index contributed by atoms with van der Waals surface area (Å²) >= 11 is 1.81. The van der Waals surface area contributed by atoms with Gasteiger partial charge in [0.1, 0.15) is 0 Å². The monoisotopic (exact) mass is 697 g/mol. The topological polar surface area (TPSA) is 0 Å². The molecular formula is C44H51SiZr. The second kappa shape index (κ2) is 14.7. The van der Waals surface area contributed by atoms with Crippen molar-refractivity contribution in [2.45, 2.75) is 103 Å². The van der Waals surface area contributed by atoms with Gasteiger partial charge in [-0.2, -0.15) is 0 Å². The van der Waals surface area contributed by atoms with Crippen molar-refractivity contribution in [1.29, 1.82) is 0 Å². The molecule has 0 saturated heterocycles. The Morgan fingerprint density at radius 2 is 0.957 bits per heavy atom. The van der Waals surface area contributed by atoms with Crippen molar-refractivity contribution >= 4 is 18.1 Å². The Bertz CT molecular complexity index is 1600. The third-order valence-electron chi connectivity index (χ3n) is 11.2. The molecular weight excluding hydrogens is 648 g/mol. The summed E-state index contributed by atoms with van der Waals surface area (Å²) in [5, 5.41) is 0. The predicted molar refractivity (Wildman–Crippen MR) is 200 cm³/mol. The van der Waals surface area contributed by atoms with Crippen LogP contribution in [0.4, 0.5) is 0 Å². The zero-order valence-corrected chi connectivity index (χ0v) is 32.5. The van der Waals surface area contributed by atoms with Crippen LogP contribution in [0.25, 0.3) is 34.4 Å². The molecule has 0 saturated carbocycles. The third-order valence-corrected chi connectivity index (χ3v) is 16.8. The van der Waals surface area contributed by atoms with E-state index in [0.717, 1.165) is 12.8 Å². The van der Waals surface area contributed by atoms with E-state index in [9.17, 15) is 0 Å². The zero-order chi connectivity index (χ0) is 32.4. The molecule has 4 unspecified atom stereocenters. The van der Waals surface area contributed by atoms with Gasteiger partial charge in [-0.1, -0.05) is 13.8 Å². The van der Waals surface area contributed by atoms with Crippen LogP contribution in [0.5, 0.6) is 0 Å². The van der Waals surface area contributed by atoms with Crippen LogP contribution >= 0.6 is 0 Å². The van der Waals surface area contributed by atoms with Crippen LogP contribution in [-0.2, 0) is 23.9 Å². The number of rotatable bonds is 12. The van der Waals surface area contributed by atoms with Gasteiger partial charge in [0.25, 0.3) is 0 Å². The van der Waals surface area contributed by atoms with Gasteiger partial charge in [0.05, 0.1) is 0 Å². The first-order valence-electron chi connectivity index (χ1n) is 17.9. The molecule has 0 aromatic heterocycles. The molecule has 0 radical (unpaired) electrons. The summed E-state index contributed by atoms with van der Waals surface area (Å²) in [4.78, 5) is 0. The molecule has 0 heterocycles. The number of hydrogen-bond donors (Lipinski definition) is 0. The molecule has 4 atom stereocenters. The molecule has 0 N–H and O–H groups in total. The van der Waals surface area contributed by atoms with Gasteiger partial charge < -0.3 is 0 Å². The van der Waals surface area contributed by atoms with Gasteiger partial charge in [0, 0.05) is 0 Å². The van der Waals surface area contributed by atoms with Crippen LogP contribution in [0.2, 0.25) is 12.1 Å². The van der Waals surface area contributed by atoms with Crippen LogP contribution in [0.3, 0.4) is 0 Å². The fraction of sp³-hybridized carbons (Fsp3) is 0.364. The van der Waals surface area contributed by atoms with Crippen molar-refractivity contribution in [2.75, 3.05) is 0 Å². The molecule has 46 heavy (non-hydrogen) atoms. The number of allylic oxidation sites excluding steroid dienone is 2. The molecule has 0 spiro atoms.